The van der Waals surface area contributed by atoms with Crippen LogP contribution in [0.5, 0.6) is 0 Å². The van der Waals surface area contributed by atoms with E-state index < -0.39 is 0 Å². The molecule has 1 rings (SSSR count). The van der Waals surface area contributed by atoms with Crippen molar-refractivity contribution in [3.8, 4) is 0 Å². The van der Waals surface area contributed by atoms with Crippen LogP contribution in [0.25, 0.3) is 0 Å². The Morgan fingerprint density at radius 3 is 2.05 bits per heavy atom. The number of hydrogen-bond acceptors (Lipinski definition) is 3. The van der Waals surface area contributed by atoms with Crippen LogP contribution in [0.15, 0.2) is 30.3 Å². The topological polar surface area (TPSA) is 55.3 Å². The van der Waals surface area contributed by atoms with Gasteiger partial charge in [-0.3, -0.25) is 0 Å². The molecule has 0 saturated carbocycles. The lowest BCUT2D eigenvalue weighted by Crippen LogP contribution is -2.29. The lowest BCUT2D eigenvalue weighted by Gasteiger charge is -2.22. The Hall–Kier alpha value is -0.900. The van der Waals surface area contributed by atoms with E-state index in [2.05, 4.69) is 35.2 Å². The lowest BCUT2D eigenvalue weighted by atomic mass is 10.1. The third-order valence-corrected chi connectivity index (χ3v) is 3.39. The van der Waals surface area contributed by atoms with Crippen molar-refractivity contribution in [2.24, 2.45) is 11.5 Å². The lowest BCUT2D eigenvalue weighted by molar-refractivity contribution is 0.264. The standard InChI is InChI=1S/C16H29N3/c17-11-4-5-13-19(15-7-12-18)14-6-10-16-8-2-1-3-9-16/h1-3,8-9H,4-7,10-15,17-18H2. The van der Waals surface area contributed by atoms with Crippen LogP contribution in [0.4, 0.5) is 0 Å². The Bertz CT molecular complexity index is 300. The molecule has 0 aliphatic rings. The number of unbranched alkanes of at least 4 members (excludes halogenated alkanes) is 1. The van der Waals surface area contributed by atoms with Gasteiger partial charge >= 0.3 is 0 Å². The highest BCUT2D eigenvalue weighted by atomic mass is 15.1. The highest BCUT2D eigenvalue weighted by Crippen LogP contribution is 2.05. The van der Waals surface area contributed by atoms with Gasteiger partial charge < -0.3 is 16.4 Å². The fraction of sp³-hybridized carbons (Fsp3) is 0.625. The van der Waals surface area contributed by atoms with Crippen molar-refractivity contribution in [2.45, 2.75) is 32.1 Å². The Balaban J connectivity index is 2.22. The maximum Gasteiger partial charge on any atom is -0.000672 e. The average Bonchev–Trinajstić information content (AvgIpc) is 2.45. The molecule has 19 heavy (non-hydrogen) atoms. The van der Waals surface area contributed by atoms with Crippen molar-refractivity contribution in [2.75, 3.05) is 32.7 Å². The molecule has 0 heterocycles. The normalized spacial score (nSPS) is 11.1. The first kappa shape index (κ1) is 16.2. The molecule has 4 N–H and O–H groups in total. The molecule has 0 radical (unpaired) electrons. The minimum absolute atomic E-state index is 0.784. The fourth-order valence-corrected chi connectivity index (χ4v) is 2.28. The smallest absolute Gasteiger partial charge is 0.000672 e. The second-order valence-electron chi connectivity index (χ2n) is 5.07. The average molecular weight is 263 g/mol. The van der Waals surface area contributed by atoms with E-state index in [-0.39, 0.29) is 0 Å². The van der Waals surface area contributed by atoms with Crippen molar-refractivity contribution in [1.82, 2.24) is 4.90 Å². The maximum absolute atomic E-state index is 5.60. The molecule has 3 heteroatoms. The molecule has 0 aliphatic heterocycles. The summed E-state index contributed by atoms with van der Waals surface area (Å²) in [5.41, 5.74) is 12.6. The molecular formula is C16H29N3. The summed E-state index contributed by atoms with van der Waals surface area (Å²) in [6.07, 6.45) is 5.80. The Labute approximate surface area is 118 Å². The van der Waals surface area contributed by atoms with Gasteiger partial charge in [0.05, 0.1) is 0 Å². The molecule has 0 bridgehead atoms. The fourth-order valence-electron chi connectivity index (χ4n) is 2.28. The van der Waals surface area contributed by atoms with Crippen LogP contribution in [0.1, 0.15) is 31.2 Å². The van der Waals surface area contributed by atoms with Crippen LogP contribution in [-0.2, 0) is 6.42 Å². The van der Waals surface area contributed by atoms with Crippen molar-refractivity contribution in [1.29, 1.82) is 0 Å². The molecule has 0 aromatic heterocycles. The van der Waals surface area contributed by atoms with Crippen LogP contribution in [0.2, 0.25) is 0 Å². The maximum atomic E-state index is 5.60. The summed E-state index contributed by atoms with van der Waals surface area (Å²) in [5, 5.41) is 0. The van der Waals surface area contributed by atoms with Gasteiger partial charge in [0.2, 0.25) is 0 Å². The monoisotopic (exact) mass is 263 g/mol. The molecule has 0 fully saturated rings. The predicted octanol–water partition coefficient (Wildman–Crippen LogP) is 2.01. The van der Waals surface area contributed by atoms with Crippen LogP contribution >= 0.6 is 0 Å². The van der Waals surface area contributed by atoms with Gasteiger partial charge in [0.25, 0.3) is 0 Å². The molecule has 0 unspecified atom stereocenters. The number of hydrogen-bond donors (Lipinski definition) is 2. The van der Waals surface area contributed by atoms with Gasteiger partial charge in [-0.1, -0.05) is 30.3 Å². The predicted molar refractivity (Wildman–Crippen MR) is 83.2 cm³/mol. The van der Waals surface area contributed by atoms with E-state index >= 15 is 0 Å². The highest BCUT2D eigenvalue weighted by molar-refractivity contribution is 5.14. The molecule has 1 aromatic rings. The first-order valence-electron chi connectivity index (χ1n) is 7.53. The van der Waals surface area contributed by atoms with Crippen LogP contribution in [-0.4, -0.2) is 37.6 Å². The summed E-state index contributed by atoms with van der Waals surface area (Å²) in [4.78, 5) is 2.53. The van der Waals surface area contributed by atoms with Crippen LogP contribution < -0.4 is 11.5 Å². The third kappa shape index (κ3) is 7.98. The summed E-state index contributed by atoms with van der Waals surface area (Å²) in [5.74, 6) is 0. The zero-order chi connectivity index (χ0) is 13.8. The van der Waals surface area contributed by atoms with Crippen LogP contribution in [0.3, 0.4) is 0 Å². The van der Waals surface area contributed by atoms with E-state index in [1.807, 2.05) is 0 Å². The van der Waals surface area contributed by atoms with E-state index in [0.717, 1.165) is 45.4 Å². The van der Waals surface area contributed by atoms with Crippen molar-refractivity contribution in [3.05, 3.63) is 35.9 Å². The van der Waals surface area contributed by atoms with E-state index in [0.29, 0.717) is 0 Å². The second-order valence-corrected chi connectivity index (χ2v) is 5.07. The zero-order valence-electron chi connectivity index (χ0n) is 12.1. The summed E-state index contributed by atoms with van der Waals surface area (Å²) in [7, 11) is 0. The van der Waals surface area contributed by atoms with E-state index in [1.165, 1.54) is 24.9 Å². The molecule has 0 amide bonds. The number of aryl methyl sites for hydroxylation is 1. The molecule has 3 nitrogen and oxygen atoms in total. The van der Waals surface area contributed by atoms with Crippen molar-refractivity contribution >= 4 is 0 Å². The van der Waals surface area contributed by atoms with E-state index in [9.17, 15) is 0 Å². The van der Waals surface area contributed by atoms with E-state index in [4.69, 9.17) is 11.5 Å². The number of nitrogens with zero attached hydrogens (tertiary/aromatic N) is 1. The molecule has 0 atom stereocenters. The van der Waals surface area contributed by atoms with Gasteiger partial charge in [-0.15, -0.1) is 0 Å². The highest BCUT2D eigenvalue weighted by Gasteiger charge is 2.04. The summed E-state index contributed by atoms with van der Waals surface area (Å²) < 4.78 is 0. The van der Waals surface area contributed by atoms with Gasteiger partial charge in [-0.2, -0.15) is 0 Å². The quantitative estimate of drug-likeness (QED) is 0.601. The van der Waals surface area contributed by atoms with E-state index in [1.54, 1.807) is 0 Å². The molecule has 1 aromatic carbocycles. The first-order chi connectivity index (χ1) is 9.36. The van der Waals surface area contributed by atoms with Gasteiger partial charge in [0, 0.05) is 0 Å². The Morgan fingerprint density at radius 1 is 0.737 bits per heavy atom. The Kier molecular flexibility index (Phi) is 9.33. The van der Waals surface area contributed by atoms with Crippen LogP contribution in [0, 0.1) is 0 Å². The Morgan fingerprint density at radius 2 is 1.37 bits per heavy atom. The van der Waals surface area contributed by atoms with Gasteiger partial charge in [0.1, 0.15) is 0 Å². The molecule has 0 spiro atoms. The third-order valence-electron chi connectivity index (χ3n) is 3.39. The first-order valence-corrected chi connectivity index (χ1v) is 7.53. The molecular weight excluding hydrogens is 234 g/mol. The van der Waals surface area contributed by atoms with Crippen molar-refractivity contribution < 1.29 is 0 Å². The summed E-state index contributed by atoms with van der Waals surface area (Å²) >= 11 is 0. The number of benzene rings is 1. The molecule has 0 aliphatic carbocycles. The minimum Gasteiger partial charge on any atom is -0.330 e. The molecule has 0 saturated heterocycles. The second kappa shape index (κ2) is 11.0. The number of rotatable bonds is 11. The van der Waals surface area contributed by atoms with Gasteiger partial charge in [-0.05, 0) is 70.4 Å². The van der Waals surface area contributed by atoms with Crippen molar-refractivity contribution in [3.63, 3.8) is 0 Å². The summed E-state index contributed by atoms with van der Waals surface area (Å²) in [6.45, 7) is 5.03. The number of nitrogens with two attached hydrogens (primary N) is 2. The zero-order valence-corrected chi connectivity index (χ0v) is 12.1. The SMILES string of the molecule is NCCCCN(CCCN)CCCc1ccccc1. The minimum atomic E-state index is 0.784. The molecule has 108 valence electrons. The van der Waals surface area contributed by atoms with Gasteiger partial charge in [-0.25, -0.2) is 0 Å². The largest absolute Gasteiger partial charge is 0.330 e. The van der Waals surface area contributed by atoms with Gasteiger partial charge in [0.15, 0.2) is 0 Å². The summed E-state index contributed by atoms with van der Waals surface area (Å²) in [6, 6.07) is 10.7.